The number of carbonyl (C=O) groups is 2. The largest absolute Gasteiger partial charge is 0.466 e. The quantitative estimate of drug-likeness (QED) is 0.438. The van der Waals surface area contributed by atoms with Gasteiger partial charge in [-0.1, -0.05) is 0 Å². The first kappa shape index (κ1) is 33.7. The zero-order chi connectivity index (χ0) is 34.7. The molecule has 4 aliphatic rings. The summed E-state index contributed by atoms with van der Waals surface area (Å²) in [5, 5.41) is 13.4. The Bertz CT molecular complexity index is 1640. The summed E-state index contributed by atoms with van der Waals surface area (Å²) < 4.78 is 16.4. The number of esters is 1. The molecule has 14 nitrogen and oxygen atoms in total. The smallest absolute Gasteiger partial charge is 0.410 e. The number of methoxy groups -OCH3 is 1. The van der Waals surface area contributed by atoms with E-state index in [2.05, 4.69) is 43.0 Å². The maximum absolute atomic E-state index is 12.9. The Morgan fingerprint density at radius 3 is 2.43 bits per heavy atom. The van der Waals surface area contributed by atoms with E-state index >= 15 is 0 Å². The van der Waals surface area contributed by atoms with E-state index in [-0.39, 0.29) is 29.2 Å². The Balaban J connectivity index is 1.19. The van der Waals surface area contributed by atoms with Crippen LogP contribution in [0.5, 0.6) is 0 Å². The maximum atomic E-state index is 12.9. The van der Waals surface area contributed by atoms with Crippen molar-refractivity contribution in [1.29, 1.82) is 5.26 Å². The fourth-order valence-corrected chi connectivity index (χ4v) is 6.71. The standard InChI is InChI=1S/C35H45N9O5/c1-35(2,3)49-34(46)42-18-16-41(17-19-42)25-12-10-24(11-13-25)37-30-29(32(45)47-5)27(22-36)38-33(39-30)43-14-6-8-26(23-43)44-20-15-40(4)31(44)28-9-7-21-48-28/h7,10-13,21,26H,6,8-9,14-20,23H2,1-5H3,(H,37,38,39)/t26-/m1/s1. The average molecular weight is 672 g/mol. The molecular formula is C35H45N9O5. The predicted octanol–water partition coefficient (Wildman–Crippen LogP) is 4.25. The molecule has 0 aliphatic carbocycles. The molecule has 260 valence electrons. The number of hydrogen-bond acceptors (Lipinski definition) is 13. The van der Waals surface area contributed by atoms with Crippen molar-refractivity contribution in [3.63, 3.8) is 0 Å². The van der Waals surface area contributed by atoms with Crippen LogP contribution in [-0.2, 0) is 14.2 Å². The van der Waals surface area contributed by atoms with Gasteiger partial charge in [0.25, 0.3) is 0 Å². The van der Waals surface area contributed by atoms with E-state index in [4.69, 9.17) is 19.2 Å². The number of ether oxygens (including phenoxy) is 3. The van der Waals surface area contributed by atoms with Gasteiger partial charge < -0.3 is 44.0 Å². The topological polar surface area (TPSA) is 140 Å². The van der Waals surface area contributed by atoms with Crippen molar-refractivity contribution >= 4 is 35.2 Å². The highest BCUT2D eigenvalue weighted by Gasteiger charge is 2.36. The lowest BCUT2D eigenvalue weighted by Gasteiger charge is -2.39. The molecule has 1 aromatic heterocycles. The lowest BCUT2D eigenvalue weighted by atomic mass is 10.0. The van der Waals surface area contributed by atoms with E-state index in [1.165, 1.54) is 7.11 Å². The van der Waals surface area contributed by atoms with Crippen LogP contribution in [0.1, 0.15) is 56.1 Å². The normalized spacial score (nSPS) is 21.1. The average Bonchev–Trinajstić information content (AvgIpc) is 3.77. The highest BCUT2D eigenvalue weighted by atomic mass is 16.6. The number of benzene rings is 1. The maximum Gasteiger partial charge on any atom is 0.410 e. The molecule has 0 bridgehead atoms. The first-order chi connectivity index (χ1) is 23.5. The number of hydrogen-bond donors (Lipinski definition) is 1. The SMILES string of the molecule is COC(=O)c1c(C#N)nc(N2CCC[C@@H](N3CCN(C)C3=C3CC=CO3)C2)nc1Nc1ccc(N2CCN(C(=O)OC(C)(C)C)CC2)cc1. The number of anilines is 4. The number of carbonyl (C=O) groups excluding carboxylic acids is 2. The summed E-state index contributed by atoms with van der Waals surface area (Å²) in [7, 11) is 3.37. The Morgan fingerprint density at radius 1 is 1.02 bits per heavy atom. The van der Waals surface area contributed by atoms with Gasteiger partial charge in [0, 0.05) is 83.2 Å². The van der Waals surface area contributed by atoms with E-state index < -0.39 is 11.6 Å². The van der Waals surface area contributed by atoms with Crippen molar-refractivity contribution in [3.8, 4) is 6.07 Å². The number of nitrogens with one attached hydrogen (secondary N) is 1. The second-order valence-electron chi connectivity index (χ2n) is 13.6. The van der Waals surface area contributed by atoms with Crippen LogP contribution >= 0.6 is 0 Å². The number of rotatable bonds is 6. The van der Waals surface area contributed by atoms with E-state index in [0.717, 1.165) is 56.2 Å². The zero-order valence-electron chi connectivity index (χ0n) is 28.9. The van der Waals surface area contributed by atoms with Crippen molar-refractivity contribution in [2.45, 2.75) is 51.7 Å². The molecule has 14 heteroatoms. The fourth-order valence-electron chi connectivity index (χ4n) is 6.71. The van der Waals surface area contributed by atoms with E-state index in [1.807, 2.05) is 51.1 Å². The van der Waals surface area contributed by atoms with Crippen molar-refractivity contribution in [3.05, 3.63) is 59.4 Å². The molecule has 1 aromatic carbocycles. The summed E-state index contributed by atoms with van der Waals surface area (Å²) in [6.45, 7) is 11.3. The van der Waals surface area contributed by atoms with Gasteiger partial charge in [-0.15, -0.1) is 0 Å². The number of piperazine rings is 1. The third kappa shape index (κ3) is 7.45. The van der Waals surface area contributed by atoms with E-state index in [1.54, 1.807) is 11.2 Å². The molecule has 1 N–H and O–H groups in total. The summed E-state index contributed by atoms with van der Waals surface area (Å²) >= 11 is 0. The van der Waals surface area contributed by atoms with Gasteiger partial charge in [0.15, 0.2) is 11.5 Å². The van der Waals surface area contributed by atoms with Crippen molar-refractivity contribution < 1.29 is 23.8 Å². The van der Waals surface area contributed by atoms with Crippen molar-refractivity contribution in [1.82, 2.24) is 24.7 Å². The number of amides is 1. The Hall–Kier alpha value is -5.19. The lowest BCUT2D eigenvalue weighted by molar-refractivity contribution is 0.0240. The van der Waals surface area contributed by atoms with Crippen LogP contribution in [0.3, 0.4) is 0 Å². The summed E-state index contributed by atoms with van der Waals surface area (Å²) in [5.41, 5.74) is 1.10. The molecule has 2 aromatic rings. The molecule has 49 heavy (non-hydrogen) atoms. The second kappa shape index (κ2) is 14.1. The Kier molecular flexibility index (Phi) is 9.71. The molecule has 3 saturated heterocycles. The van der Waals surface area contributed by atoms with Gasteiger partial charge in [-0.3, -0.25) is 0 Å². The minimum absolute atomic E-state index is 0.0104. The number of aromatic nitrogens is 2. The number of likely N-dealkylation sites (N-methyl/N-ethyl adjacent to an activating group) is 1. The monoisotopic (exact) mass is 671 g/mol. The third-order valence-electron chi connectivity index (χ3n) is 9.11. The number of nitriles is 1. The molecule has 5 heterocycles. The molecule has 0 spiro atoms. The molecule has 0 radical (unpaired) electrons. The van der Waals surface area contributed by atoms with Crippen LogP contribution in [0.4, 0.5) is 27.9 Å². The van der Waals surface area contributed by atoms with Crippen molar-refractivity contribution in [2.24, 2.45) is 0 Å². The van der Waals surface area contributed by atoms with Crippen LogP contribution in [0, 0.1) is 11.3 Å². The van der Waals surface area contributed by atoms with Gasteiger partial charge in [0.05, 0.1) is 13.4 Å². The Morgan fingerprint density at radius 2 is 1.78 bits per heavy atom. The van der Waals surface area contributed by atoms with Crippen LogP contribution in [0.15, 0.2) is 48.2 Å². The summed E-state index contributed by atoms with van der Waals surface area (Å²) in [6, 6.07) is 10.1. The molecule has 0 unspecified atom stereocenters. The first-order valence-electron chi connectivity index (χ1n) is 16.8. The van der Waals surface area contributed by atoms with Gasteiger partial charge in [0.2, 0.25) is 5.95 Å². The molecule has 0 saturated carbocycles. The minimum Gasteiger partial charge on any atom is -0.466 e. The Labute approximate surface area is 287 Å². The van der Waals surface area contributed by atoms with Gasteiger partial charge in [-0.25, -0.2) is 14.6 Å². The highest BCUT2D eigenvalue weighted by molar-refractivity contribution is 5.97. The number of allylic oxidation sites excluding steroid dienone is 1. The molecule has 1 atom stereocenters. The van der Waals surface area contributed by atoms with Gasteiger partial charge in [0.1, 0.15) is 28.8 Å². The van der Waals surface area contributed by atoms with Gasteiger partial charge >= 0.3 is 12.1 Å². The third-order valence-corrected chi connectivity index (χ3v) is 9.11. The summed E-state index contributed by atoms with van der Waals surface area (Å²) in [6.07, 6.45) is 6.18. The predicted molar refractivity (Wildman–Crippen MR) is 184 cm³/mol. The number of nitrogens with zero attached hydrogens (tertiary/aromatic N) is 8. The number of piperidine rings is 1. The molecule has 6 rings (SSSR count). The van der Waals surface area contributed by atoms with Crippen LogP contribution < -0.4 is 15.1 Å². The summed E-state index contributed by atoms with van der Waals surface area (Å²) in [5.74, 6) is 1.98. The molecule has 1 amide bonds. The van der Waals surface area contributed by atoms with Crippen LogP contribution in [0.25, 0.3) is 0 Å². The van der Waals surface area contributed by atoms with Crippen LogP contribution in [0.2, 0.25) is 0 Å². The molecule has 4 aliphatic heterocycles. The zero-order valence-corrected chi connectivity index (χ0v) is 28.9. The summed E-state index contributed by atoms with van der Waals surface area (Å²) in [4.78, 5) is 45.5. The molecule has 3 fully saturated rings. The molecular weight excluding hydrogens is 626 g/mol. The minimum atomic E-state index is -0.692. The van der Waals surface area contributed by atoms with E-state index in [0.29, 0.717) is 44.4 Å². The lowest BCUT2D eigenvalue weighted by Crippen LogP contribution is -2.50. The first-order valence-corrected chi connectivity index (χ1v) is 16.8. The highest BCUT2D eigenvalue weighted by Crippen LogP contribution is 2.33. The van der Waals surface area contributed by atoms with E-state index in [9.17, 15) is 14.9 Å². The van der Waals surface area contributed by atoms with Gasteiger partial charge in [-0.2, -0.15) is 10.2 Å². The second-order valence-corrected chi connectivity index (χ2v) is 13.6. The fraction of sp³-hybridized carbons (Fsp3) is 0.514. The van der Waals surface area contributed by atoms with Crippen LogP contribution in [-0.4, -0.2) is 115 Å². The van der Waals surface area contributed by atoms with Crippen molar-refractivity contribution in [2.75, 3.05) is 81.6 Å². The van der Waals surface area contributed by atoms with Gasteiger partial charge in [-0.05, 0) is 64.0 Å².